The molecule has 1 aromatic rings. The topological polar surface area (TPSA) is 84.4 Å². The summed E-state index contributed by atoms with van der Waals surface area (Å²) in [6.07, 6.45) is 3.70. The van der Waals surface area contributed by atoms with Crippen molar-refractivity contribution >= 4 is 17.3 Å². The predicted octanol–water partition coefficient (Wildman–Crippen LogP) is 1.51. The van der Waals surface area contributed by atoms with Crippen LogP contribution in [0.25, 0.3) is 0 Å². The molecule has 110 valence electrons. The maximum atomic E-state index is 11.1. The van der Waals surface area contributed by atoms with E-state index in [2.05, 4.69) is 17.3 Å². The summed E-state index contributed by atoms with van der Waals surface area (Å²) < 4.78 is 0. The second kappa shape index (κ2) is 6.61. The van der Waals surface area contributed by atoms with E-state index in [-0.39, 0.29) is 0 Å². The molecule has 1 aromatic carbocycles. The quantitative estimate of drug-likeness (QED) is 0.712. The lowest BCUT2D eigenvalue weighted by atomic mass is 9.94. The molecule has 1 saturated heterocycles. The van der Waals surface area contributed by atoms with Crippen LogP contribution in [0, 0.1) is 5.92 Å². The summed E-state index contributed by atoms with van der Waals surface area (Å²) in [5, 5.41) is 3.35. The lowest BCUT2D eigenvalue weighted by Gasteiger charge is -2.29. The van der Waals surface area contributed by atoms with Crippen molar-refractivity contribution in [1.82, 2.24) is 4.90 Å². The SMILES string of the molecule is CN1CCC(CCNc2ccc(C(N)=O)cc2N)CC1. The second-order valence-corrected chi connectivity index (χ2v) is 5.63. The van der Waals surface area contributed by atoms with Gasteiger partial charge in [-0.1, -0.05) is 0 Å². The van der Waals surface area contributed by atoms with Crippen molar-refractivity contribution in [3.63, 3.8) is 0 Å². The molecule has 1 amide bonds. The average molecular weight is 276 g/mol. The van der Waals surface area contributed by atoms with Gasteiger partial charge in [0.15, 0.2) is 0 Å². The van der Waals surface area contributed by atoms with Gasteiger partial charge < -0.3 is 21.7 Å². The van der Waals surface area contributed by atoms with E-state index >= 15 is 0 Å². The van der Waals surface area contributed by atoms with Gasteiger partial charge in [-0.25, -0.2) is 0 Å². The minimum Gasteiger partial charge on any atom is -0.397 e. The highest BCUT2D eigenvalue weighted by Crippen LogP contribution is 2.22. The number of hydrogen-bond acceptors (Lipinski definition) is 4. The van der Waals surface area contributed by atoms with Crippen molar-refractivity contribution in [2.45, 2.75) is 19.3 Å². The molecule has 1 aliphatic rings. The number of carbonyl (C=O) groups excluding carboxylic acids is 1. The Hall–Kier alpha value is -1.75. The number of anilines is 2. The summed E-state index contributed by atoms with van der Waals surface area (Å²) in [5.74, 6) is 0.347. The summed E-state index contributed by atoms with van der Waals surface area (Å²) in [6, 6.07) is 5.15. The molecule has 0 atom stereocenters. The number of nitrogens with zero attached hydrogens (tertiary/aromatic N) is 1. The fourth-order valence-corrected chi connectivity index (χ4v) is 2.64. The molecule has 0 aromatic heterocycles. The van der Waals surface area contributed by atoms with E-state index in [9.17, 15) is 4.79 Å². The third-order valence-electron chi connectivity index (χ3n) is 4.04. The molecule has 5 heteroatoms. The molecule has 5 nitrogen and oxygen atoms in total. The number of carbonyl (C=O) groups is 1. The fraction of sp³-hybridized carbons (Fsp3) is 0.533. The van der Waals surface area contributed by atoms with Gasteiger partial charge in [0.25, 0.3) is 0 Å². The molecule has 0 spiro atoms. The van der Waals surface area contributed by atoms with Gasteiger partial charge in [0.1, 0.15) is 0 Å². The molecule has 1 heterocycles. The Morgan fingerprint density at radius 2 is 2.10 bits per heavy atom. The van der Waals surface area contributed by atoms with Crippen LogP contribution in [-0.4, -0.2) is 37.5 Å². The van der Waals surface area contributed by atoms with Crippen molar-refractivity contribution in [2.24, 2.45) is 11.7 Å². The van der Waals surface area contributed by atoms with E-state index in [0.29, 0.717) is 11.3 Å². The number of rotatable bonds is 5. The Morgan fingerprint density at radius 3 is 2.70 bits per heavy atom. The monoisotopic (exact) mass is 276 g/mol. The first-order chi connectivity index (χ1) is 9.56. The Morgan fingerprint density at radius 1 is 1.40 bits per heavy atom. The van der Waals surface area contributed by atoms with E-state index in [1.165, 1.54) is 25.9 Å². The number of nitrogens with two attached hydrogens (primary N) is 2. The minimum absolute atomic E-state index is 0.448. The molecule has 0 unspecified atom stereocenters. The van der Waals surface area contributed by atoms with Crippen molar-refractivity contribution < 1.29 is 4.79 Å². The predicted molar refractivity (Wildman–Crippen MR) is 82.7 cm³/mol. The zero-order chi connectivity index (χ0) is 14.5. The van der Waals surface area contributed by atoms with Crippen LogP contribution in [0.4, 0.5) is 11.4 Å². The van der Waals surface area contributed by atoms with Crippen LogP contribution in [0.1, 0.15) is 29.6 Å². The summed E-state index contributed by atoms with van der Waals surface area (Å²) in [4.78, 5) is 13.4. The smallest absolute Gasteiger partial charge is 0.248 e. The molecule has 0 aliphatic carbocycles. The number of nitrogen functional groups attached to an aromatic ring is 1. The highest BCUT2D eigenvalue weighted by molar-refractivity contribution is 5.94. The molecular formula is C15H24N4O. The van der Waals surface area contributed by atoms with Crippen LogP contribution in [0.5, 0.6) is 0 Å². The van der Waals surface area contributed by atoms with Gasteiger partial charge in [-0.05, 0) is 63.5 Å². The van der Waals surface area contributed by atoms with E-state index in [0.717, 1.165) is 24.6 Å². The van der Waals surface area contributed by atoms with Gasteiger partial charge in [0.2, 0.25) is 5.91 Å². The number of likely N-dealkylation sites (tertiary alicyclic amines) is 1. The third kappa shape index (κ3) is 3.87. The normalized spacial score (nSPS) is 17.1. The molecular weight excluding hydrogens is 252 g/mol. The molecule has 1 aliphatic heterocycles. The Kier molecular flexibility index (Phi) is 4.84. The third-order valence-corrected chi connectivity index (χ3v) is 4.04. The summed E-state index contributed by atoms with van der Waals surface area (Å²) in [7, 11) is 2.18. The lowest BCUT2D eigenvalue weighted by molar-refractivity contribution is 0.100. The Balaban J connectivity index is 1.81. The second-order valence-electron chi connectivity index (χ2n) is 5.63. The van der Waals surface area contributed by atoms with Gasteiger partial charge in [0.05, 0.1) is 11.4 Å². The molecule has 0 saturated carbocycles. The van der Waals surface area contributed by atoms with Crippen LogP contribution in [-0.2, 0) is 0 Å². The van der Waals surface area contributed by atoms with E-state index in [1.807, 2.05) is 6.07 Å². The van der Waals surface area contributed by atoms with Crippen LogP contribution >= 0.6 is 0 Å². The highest BCUT2D eigenvalue weighted by atomic mass is 16.1. The van der Waals surface area contributed by atoms with Crippen molar-refractivity contribution in [3.05, 3.63) is 23.8 Å². The molecule has 1 fully saturated rings. The number of amides is 1. The minimum atomic E-state index is -0.449. The standard InChI is InChI=1S/C15H24N4O/c1-19-8-5-11(6-9-19)4-7-18-14-3-2-12(15(17)20)10-13(14)16/h2-3,10-11,18H,4-9,16H2,1H3,(H2,17,20). The molecule has 20 heavy (non-hydrogen) atoms. The van der Waals surface area contributed by atoms with Crippen LogP contribution in [0.2, 0.25) is 0 Å². The summed E-state index contributed by atoms with van der Waals surface area (Å²) in [6.45, 7) is 3.30. The Labute approximate surface area is 120 Å². The van der Waals surface area contributed by atoms with E-state index < -0.39 is 5.91 Å². The first kappa shape index (κ1) is 14.7. The number of hydrogen-bond donors (Lipinski definition) is 3. The van der Waals surface area contributed by atoms with Gasteiger partial charge in [-0.3, -0.25) is 4.79 Å². The summed E-state index contributed by atoms with van der Waals surface area (Å²) in [5.41, 5.74) is 13.0. The fourth-order valence-electron chi connectivity index (χ4n) is 2.64. The van der Waals surface area contributed by atoms with Gasteiger partial charge in [-0.2, -0.15) is 0 Å². The Bertz CT molecular complexity index is 467. The van der Waals surface area contributed by atoms with Gasteiger partial charge in [-0.15, -0.1) is 0 Å². The van der Waals surface area contributed by atoms with E-state index in [4.69, 9.17) is 11.5 Å². The first-order valence-corrected chi connectivity index (χ1v) is 7.18. The largest absolute Gasteiger partial charge is 0.397 e. The van der Waals surface area contributed by atoms with Crippen molar-refractivity contribution in [3.8, 4) is 0 Å². The lowest BCUT2D eigenvalue weighted by Crippen LogP contribution is -2.30. The van der Waals surface area contributed by atoms with Crippen molar-refractivity contribution in [1.29, 1.82) is 0 Å². The van der Waals surface area contributed by atoms with E-state index in [1.54, 1.807) is 12.1 Å². The zero-order valence-corrected chi connectivity index (χ0v) is 12.1. The number of benzene rings is 1. The van der Waals surface area contributed by atoms with Crippen LogP contribution in [0.15, 0.2) is 18.2 Å². The summed E-state index contributed by atoms with van der Waals surface area (Å²) >= 11 is 0. The maximum absolute atomic E-state index is 11.1. The van der Waals surface area contributed by atoms with Crippen LogP contribution < -0.4 is 16.8 Å². The average Bonchev–Trinajstić information content (AvgIpc) is 2.42. The van der Waals surface area contributed by atoms with Gasteiger partial charge >= 0.3 is 0 Å². The maximum Gasteiger partial charge on any atom is 0.248 e. The molecule has 5 N–H and O–H groups in total. The van der Waals surface area contributed by atoms with Crippen molar-refractivity contribution in [2.75, 3.05) is 37.7 Å². The molecule has 0 bridgehead atoms. The van der Waals surface area contributed by atoms with Gasteiger partial charge in [0, 0.05) is 12.1 Å². The number of nitrogens with one attached hydrogen (secondary N) is 1. The zero-order valence-electron chi connectivity index (χ0n) is 12.1. The van der Waals surface area contributed by atoms with Crippen LogP contribution in [0.3, 0.4) is 0 Å². The first-order valence-electron chi connectivity index (χ1n) is 7.18. The molecule has 2 rings (SSSR count). The number of piperidine rings is 1. The highest BCUT2D eigenvalue weighted by Gasteiger charge is 2.16. The number of primary amides is 1. The molecule has 0 radical (unpaired) electrons.